The fourth-order valence-corrected chi connectivity index (χ4v) is 3.34. The second-order valence-corrected chi connectivity index (χ2v) is 6.98. The standard InChI is InChI=1S/C22H15Cl2N3O2/c1-14-20(22(28)29)26-21(18-11-8-16(23)13-19(18)24)27(14)17-9-6-15(7-10-17)5-3-2-4-12-25/h6-11,13H,2,4H2,1H3,(H,28,29). The maximum absolute atomic E-state index is 11.6. The Morgan fingerprint density at radius 1 is 1.17 bits per heavy atom. The number of hydrogen-bond donors (Lipinski definition) is 1. The number of carboxylic acid groups (broad SMARTS) is 1. The number of hydrogen-bond acceptors (Lipinski definition) is 3. The minimum Gasteiger partial charge on any atom is -0.476 e. The highest BCUT2D eigenvalue weighted by Gasteiger charge is 2.22. The summed E-state index contributed by atoms with van der Waals surface area (Å²) in [6, 6.07) is 14.4. The summed E-state index contributed by atoms with van der Waals surface area (Å²) in [7, 11) is 0. The normalized spacial score (nSPS) is 10.1. The van der Waals surface area contributed by atoms with Crippen molar-refractivity contribution in [2.24, 2.45) is 0 Å². The van der Waals surface area contributed by atoms with Gasteiger partial charge in [0.15, 0.2) is 5.69 Å². The molecule has 144 valence electrons. The molecule has 3 aromatic rings. The Bertz CT molecular complexity index is 1180. The molecular formula is C22H15Cl2N3O2. The summed E-state index contributed by atoms with van der Waals surface area (Å²) in [5, 5.41) is 18.9. The number of imidazole rings is 1. The van der Waals surface area contributed by atoms with Crippen LogP contribution in [0.4, 0.5) is 0 Å². The van der Waals surface area contributed by atoms with Crippen LogP contribution in [0.3, 0.4) is 0 Å². The van der Waals surface area contributed by atoms with Gasteiger partial charge in [-0.25, -0.2) is 9.78 Å². The van der Waals surface area contributed by atoms with E-state index in [1.165, 1.54) is 0 Å². The van der Waals surface area contributed by atoms with Gasteiger partial charge in [0.1, 0.15) is 5.82 Å². The number of nitriles is 1. The summed E-state index contributed by atoms with van der Waals surface area (Å²) in [6.07, 6.45) is 0.905. The molecule has 0 saturated carbocycles. The minimum absolute atomic E-state index is 0.0496. The summed E-state index contributed by atoms with van der Waals surface area (Å²) in [5.74, 6) is 5.24. The van der Waals surface area contributed by atoms with E-state index in [0.29, 0.717) is 40.0 Å². The van der Waals surface area contributed by atoms with E-state index in [2.05, 4.69) is 22.9 Å². The SMILES string of the molecule is Cc1c(C(=O)O)nc(-c2ccc(Cl)cc2Cl)n1-c1ccc(C#CCCC#N)cc1. The van der Waals surface area contributed by atoms with Crippen LogP contribution in [0.2, 0.25) is 10.0 Å². The molecule has 0 aliphatic carbocycles. The number of nitrogens with zero attached hydrogens (tertiary/aromatic N) is 3. The van der Waals surface area contributed by atoms with Crippen molar-refractivity contribution in [3.05, 3.63) is 69.5 Å². The first-order chi connectivity index (χ1) is 13.9. The Hall–Kier alpha value is -3.25. The Morgan fingerprint density at radius 2 is 1.90 bits per heavy atom. The molecule has 0 radical (unpaired) electrons. The van der Waals surface area contributed by atoms with Crippen molar-refractivity contribution in [2.75, 3.05) is 0 Å². The molecule has 1 heterocycles. The minimum atomic E-state index is -1.12. The van der Waals surface area contributed by atoms with Crippen LogP contribution in [0.5, 0.6) is 0 Å². The largest absolute Gasteiger partial charge is 0.476 e. The van der Waals surface area contributed by atoms with E-state index in [-0.39, 0.29) is 5.69 Å². The van der Waals surface area contributed by atoms with Crippen LogP contribution in [-0.2, 0) is 0 Å². The van der Waals surface area contributed by atoms with Gasteiger partial charge < -0.3 is 5.11 Å². The molecule has 0 unspecified atom stereocenters. The number of halogens is 2. The third-order valence-corrected chi connectivity index (χ3v) is 4.75. The van der Waals surface area contributed by atoms with Crippen LogP contribution < -0.4 is 0 Å². The number of unbranched alkanes of at least 4 members (excludes halogenated alkanes) is 1. The smallest absolute Gasteiger partial charge is 0.356 e. The summed E-state index contributed by atoms with van der Waals surface area (Å²) in [5.41, 5.74) is 2.53. The van der Waals surface area contributed by atoms with Crippen molar-refractivity contribution < 1.29 is 9.90 Å². The predicted molar refractivity (Wildman–Crippen MR) is 112 cm³/mol. The third kappa shape index (κ3) is 4.43. The Balaban J connectivity index is 2.10. The maximum atomic E-state index is 11.6. The molecule has 0 aliphatic rings. The molecule has 0 bridgehead atoms. The topological polar surface area (TPSA) is 78.9 Å². The van der Waals surface area contributed by atoms with Crippen LogP contribution in [-0.4, -0.2) is 20.6 Å². The molecule has 0 atom stereocenters. The first kappa shape index (κ1) is 20.5. The van der Waals surface area contributed by atoms with Gasteiger partial charge in [0.25, 0.3) is 0 Å². The molecule has 0 aliphatic heterocycles. The second kappa shape index (κ2) is 8.84. The number of aromatic carboxylic acids is 1. The van der Waals surface area contributed by atoms with Gasteiger partial charge >= 0.3 is 5.97 Å². The molecule has 0 spiro atoms. The Kier molecular flexibility index (Phi) is 6.24. The second-order valence-electron chi connectivity index (χ2n) is 6.14. The predicted octanol–water partition coefficient (Wildman–Crippen LogP) is 5.51. The van der Waals surface area contributed by atoms with Gasteiger partial charge in [0, 0.05) is 34.7 Å². The van der Waals surface area contributed by atoms with Crippen molar-refractivity contribution >= 4 is 29.2 Å². The number of carbonyl (C=O) groups is 1. The van der Waals surface area contributed by atoms with E-state index in [1.54, 1.807) is 29.7 Å². The molecule has 0 fully saturated rings. The van der Waals surface area contributed by atoms with Crippen molar-refractivity contribution in [2.45, 2.75) is 19.8 Å². The average molecular weight is 424 g/mol. The molecular weight excluding hydrogens is 409 g/mol. The lowest BCUT2D eigenvalue weighted by Crippen LogP contribution is -2.02. The van der Waals surface area contributed by atoms with Gasteiger partial charge in [-0.15, -0.1) is 0 Å². The van der Waals surface area contributed by atoms with Gasteiger partial charge in [-0.3, -0.25) is 4.57 Å². The highest BCUT2D eigenvalue weighted by atomic mass is 35.5. The third-order valence-electron chi connectivity index (χ3n) is 4.20. The quantitative estimate of drug-likeness (QED) is 0.443. The zero-order valence-electron chi connectivity index (χ0n) is 15.4. The lowest BCUT2D eigenvalue weighted by molar-refractivity contribution is 0.0690. The lowest BCUT2D eigenvalue weighted by Gasteiger charge is -2.12. The highest BCUT2D eigenvalue weighted by molar-refractivity contribution is 6.36. The van der Waals surface area contributed by atoms with Gasteiger partial charge in [0.2, 0.25) is 0 Å². The highest BCUT2D eigenvalue weighted by Crippen LogP contribution is 2.33. The molecule has 1 aromatic heterocycles. The van der Waals surface area contributed by atoms with Crippen LogP contribution in [0.1, 0.15) is 34.6 Å². The number of benzene rings is 2. The van der Waals surface area contributed by atoms with E-state index in [4.69, 9.17) is 28.5 Å². The van der Waals surface area contributed by atoms with Crippen LogP contribution in [0.25, 0.3) is 17.1 Å². The van der Waals surface area contributed by atoms with E-state index in [9.17, 15) is 9.90 Å². The van der Waals surface area contributed by atoms with Crippen LogP contribution in [0.15, 0.2) is 42.5 Å². The molecule has 0 saturated heterocycles. The summed E-state index contributed by atoms with van der Waals surface area (Å²) >= 11 is 12.3. The Morgan fingerprint density at radius 3 is 2.52 bits per heavy atom. The molecule has 29 heavy (non-hydrogen) atoms. The van der Waals surface area contributed by atoms with Crippen LogP contribution >= 0.6 is 23.2 Å². The fourth-order valence-electron chi connectivity index (χ4n) is 2.85. The monoisotopic (exact) mass is 423 g/mol. The van der Waals surface area contributed by atoms with Crippen LogP contribution in [0, 0.1) is 30.1 Å². The Labute approximate surface area is 178 Å². The lowest BCUT2D eigenvalue weighted by atomic mass is 10.1. The van der Waals surface area contributed by atoms with Crippen molar-refractivity contribution in [3.8, 4) is 35.0 Å². The summed E-state index contributed by atoms with van der Waals surface area (Å²) < 4.78 is 1.74. The van der Waals surface area contributed by atoms with Crippen molar-refractivity contribution in [1.82, 2.24) is 9.55 Å². The van der Waals surface area contributed by atoms with Crippen molar-refractivity contribution in [3.63, 3.8) is 0 Å². The first-order valence-corrected chi connectivity index (χ1v) is 9.42. The first-order valence-electron chi connectivity index (χ1n) is 8.66. The summed E-state index contributed by atoms with van der Waals surface area (Å²) in [4.78, 5) is 16.0. The van der Waals surface area contributed by atoms with E-state index >= 15 is 0 Å². The van der Waals surface area contributed by atoms with Gasteiger partial charge in [-0.2, -0.15) is 5.26 Å². The number of rotatable bonds is 4. The molecule has 1 N–H and O–H groups in total. The van der Waals surface area contributed by atoms with Crippen molar-refractivity contribution in [1.29, 1.82) is 5.26 Å². The molecule has 3 rings (SSSR count). The molecule has 7 heteroatoms. The zero-order chi connectivity index (χ0) is 21.0. The average Bonchev–Trinajstić information content (AvgIpc) is 3.03. The van der Waals surface area contributed by atoms with E-state index < -0.39 is 5.97 Å². The number of carboxylic acids is 1. The molecule has 5 nitrogen and oxygen atoms in total. The maximum Gasteiger partial charge on any atom is 0.356 e. The van der Waals surface area contributed by atoms with Gasteiger partial charge in [-0.05, 0) is 49.4 Å². The molecule has 0 amide bonds. The number of aromatic nitrogens is 2. The summed E-state index contributed by atoms with van der Waals surface area (Å²) in [6.45, 7) is 1.69. The van der Waals surface area contributed by atoms with E-state index in [0.717, 1.165) is 11.3 Å². The molecule has 2 aromatic carbocycles. The van der Waals surface area contributed by atoms with E-state index in [1.807, 2.05) is 24.3 Å². The fraction of sp³-hybridized carbons (Fsp3) is 0.136. The zero-order valence-corrected chi connectivity index (χ0v) is 16.9. The van der Waals surface area contributed by atoms with Gasteiger partial charge in [-0.1, -0.05) is 35.0 Å². The van der Waals surface area contributed by atoms with Gasteiger partial charge in [0.05, 0.1) is 16.8 Å².